The smallest absolute Gasteiger partial charge is 0.264 e. The molecule has 0 spiro atoms. The highest BCUT2D eigenvalue weighted by Gasteiger charge is 2.28. The van der Waals surface area contributed by atoms with Gasteiger partial charge in [-0.25, -0.2) is 18.2 Å². The fraction of sp³-hybridized carbons (Fsp3) is 0.100. The van der Waals surface area contributed by atoms with Gasteiger partial charge in [-0.3, -0.25) is 13.9 Å². The predicted molar refractivity (Wildman–Crippen MR) is 160 cm³/mol. The molecule has 12 heteroatoms. The molecule has 4 aromatic rings. The summed E-state index contributed by atoms with van der Waals surface area (Å²) < 4.78 is 46.4. The van der Waals surface area contributed by atoms with Crippen LogP contribution in [0.3, 0.4) is 0 Å². The Morgan fingerprint density at radius 3 is 2.31 bits per heavy atom. The lowest BCUT2D eigenvalue weighted by Crippen LogP contribution is -2.40. The first kappa shape index (κ1) is 30.2. The Kier molecular flexibility index (Phi) is 9.89. The normalized spacial score (nSPS) is 11.2. The second kappa shape index (κ2) is 13.7. The van der Waals surface area contributed by atoms with Gasteiger partial charge in [0.2, 0.25) is 0 Å². The first-order valence-corrected chi connectivity index (χ1v) is 14.4. The molecule has 0 aromatic heterocycles. The number of halogens is 2. The van der Waals surface area contributed by atoms with Crippen LogP contribution in [-0.2, 0) is 19.6 Å². The lowest BCUT2D eigenvalue weighted by atomic mass is 10.2. The van der Waals surface area contributed by atoms with Crippen molar-refractivity contribution in [2.75, 3.05) is 22.8 Å². The van der Waals surface area contributed by atoms with Crippen molar-refractivity contribution in [1.29, 1.82) is 0 Å². The average Bonchev–Trinajstić information content (AvgIpc) is 2.97. The lowest BCUT2D eigenvalue weighted by molar-refractivity contribution is -0.119. The zero-order chi connectivity index (χ0) is 30.1. The molecule has 0 unspecified atom stereocenters. The summed E-state index contributed by atoms with van der Waals surface area (Å²) in [5.41, 5.74) is 4.30. The summed E-state index contributed by atoms with van der Waals surface area (Å²) in [5, 5.41) is 6.97. The maximum atomic E-state index is 13.5. The number of sulfonamides is 1. The molecule has 9 nitrogen and oxygen atoms in total. The summed E-state index contributed by atoms with van der Waals surface area (Å²) in [4.78, 5) is 24.9. The van der Waals surface area contributed by atoms with Gasteiger partial charge < -0.3 is 10.1 Å². The molecule has 0 radical (unpaired) electrons. The summed E-state index contributed by atoms with van der Waals surface area (Å²) >= 11 is 6.06. The van der Waals surface area contributed by atoms with Crippen LogP contribution >= 0.6 is 11.6 Å². The minimum absolute atomic E-state index is 0.0332. The monoisotopic (exact) mass is 608 g/mol. The number of nitrogens with one attached hydrogen (secondary N) is 2. The molecule has 0 bridgehead atoms. The molecule has 2 amide bonds. The minimum atomic E-state index is -4.08. The molecule has 0 aliphatic heterocycles. The van der Waals surface area contributed by atoms with E-state index in [1.165, 1.54) is 42.6 Å². The summed E-state index contributed by atoms with van der Waals surface area (Å²) in [6.45, 7) is 0.927. The lowest BCUT2D eigenvalue weighted by Gasteiger charge is -2.25. The number of hydrogen-bond donors (Lipinski definition) is 2. The Labute approximate surface area is 247 Å². The maximum Gasteiger partial charge on any atom is 0.264 e. The quantitative estimate of drug-likeness (QED) is 0.180. The summed E-state index contributed by atoms with van der Waals surface area (Å²) in [5.74, 6) is -1.05. The molecule has 0 heterocycles. The van der Waals surface area contributed by atoms with E-state index in [4.69, 9.17) is 16.3 Å². The molecule has 42 heavy (non-hydrogen) atoms. The van der Waals surface area contributed by atoms with Crippen LogP contribution in [0.1, 0.15) is 11.1 Å². The molecular formula is C30H26ClFN4O5S. The Morgan fingerprint density at radius 1 is 0.952 bits per heavy atom. The van der Waals surface area contributed by atoms with E-state index in [1.54, 1.807) is 67.6 Å². The number of amides is 2. The number of aryl methyl sites for hydroxylation is 1. The summed E-state index contributed by atoms with van der Waals surface area (Å²) in [7, 11) is -4.08. The van der Waals surface area contributed by atoms with E-state index in [-0.39, 0.29) is 11.5 Å². The third kappa shape index (κ3) is 8.15. The maximum absolute atomic E-state index is 13.5. The number of ether oxygens (including phenoxy) is 1. The van der Waals surface area contributed by atoms with E-state index in [2.05, 4.69) is 15.8 Å². The van der Waals surface area contributed by atoms with Gasteiger partial charge in [0, 0.05) is 10.7 Å². The molecule has 0 aliphatic rings. The van der Waals surface area contributed by atoms with Gasteiger partial charge >= 0.3 is 0 Å². The number of rotatable bonds is 11. The number of carbonyl (C=O) groups is 2. The minimum Gasteiger partial charge on any atom is -0.484 e. The van der Waals surface area contributed by atoms with Crippen molar-refractivity contribution in [2.24, 2.45) is 5.10 Å². The van der Waals surface area contributed by atoms with Crippen molar-refractivity contribution in [2.45, 2.75) is 11.8 Å². The highest BCUT2D eigenvalue weighted by atomic mass is 35.5. The van der Waals surface area contributed by atoms with Crippen LogP contribution in [0, 0.1) is 12.7 Å². The van der Waals surface area contributed by atoms with E-state index in [1.807, 2.05) is 0 Å². The van der Waals surface area contributed by atoms with E-state index in [9.17, 15) is 22.4 Å². The predicted octanol–water partition coefficient (Wildman–Crippen LogP) is 5.15. The Bertz CT molecular complexity index is 1680. The average molecular weight is 609 g/mol. The van der Waals surface area contributed by atoms with Crippen LogP contribution in [0.2, 0.25) is 5.02 Å². The highest BCUT2D eigenvalue weighted by molar-refractivity contribution is 7.92. The number of hydrazone groups is 1. The number of nitrogens with zero attached hydrogens (tertiary/aromatic N) is 2. The molecular weight excluding hydrogens is 583 g/mol. The second-order valence-corrected chi connectivity index (χ2v) is 11.3. The van der Waals surface area contributed by atoms with Gasteiger partial charge in [-0.1, -0.05) is 29.8 Å². The third-order valence-corrected chi connectivity index (χ3v) is 7.84. The molecule has 0 saturated heterocycles. The highest BCUT2D eigenvalue weighted by Crippen LogP contribution is 2.28. The van der Waals surface area contributed by atoms with Crippen LogP contribution in [0.5, 0.6) is 5.75 Å². The van der Waals surface area contributed by atoms with Gasteiger partial charge in [-0.2, -0.15) is 5.10 Å². The van der Waals surface area contributed by atoms with Gasteiger partial charge in [-0.15, -0.1) is 0 Å². The Morgan fingerprint density at radius 2 is 1.64 bits per heavy atom. The third-order valence-electron chi connectivity index (χ3n) is 5.83. The standard InChI is InChI=1S/C30H26ClFN4O5S/c1-21-17-23(31)9-16-28(21)36(42(39,40)27-5-3-2-4-6-27)19-29(37)35-33-18-22-7-14-26(15-8-22)41-20-30(38)34-25-12-10-24(32)11-13-25/h2-18H,19-20H2,1H3,(H,34,38)(H,35,37)/b33-18-. The fourth-order valence-corrected chi connectivity index (χ4v) is 5.53. The molecule has 0 aliphatic carbocycles. The number of benzene rings is 4. The van der Waals surface area contributed by atoms with Crippen LogP contribution in [0.15, 0.2) is 107 Å². The van der Waals surface area contributed by atoms with E-state index >= 15 is 0 Å². The van der Waals surface area contributed by atoms with Crippen molar-refractivity contribution in [1.82, 2.24) is 5.43 Å². The molecule has 4 rings (SSSR count). The molecule has 216 valence electrons. The van der Waals surface area contributed by atoms with E-state index in [0.717, 1.165) is 4.31 Å². The molecule has 0 saturated carbocycles. The second-order valence-electron chi connectivity index (χ2n) is 8.96. The molecule has 0 atom stereocenters. The topological polar surface area (TPSA) is 117 Å². The number of carbonyl (C=O) groups excluding carboxylic acids is 2. The number of hydrogen-bond acceptors (Lipinski definition) is 6. The SMILES string of the molecule is Cc1cc(Cl)ccc1N(CC(=O)N/N=C\c1ccc(OCC(=O)Nc2ccc(F)cc2)cc1)S(=O)(=O)c1ccccc1. The van der Waals surface area contributed by atoms with Crippen molar-refractivity contribution >= 4 is 51.0 Å². The van der Waals surface area contributed by atoms with E-state index < -0.39 is 34.2 Å². The fourth-order valence-electron chi connectivity index (χ4n) is 3.79. The number of anilines is 2. The summed E-state index contributed by atoms with van der Waals surface area (Å²) in [6, 6.07) is 24.4. The van der Waals surface area contributed by atoms with E-state index in [0.29, 0.717) is 33.3 Å². The Balaban J connectivity index is 1.36. The van der Waals surface area contributed by atoms with Crippen LogP contribution in [0.4, 0.5) is 15.8 Å². The van der Waals surface area contributed by atoms with Crippen molar-refractivity contribution in [3.05, 3.63) is 119 Å². The van der Waals surface area contributed by atoms with Gasteiger partial charge in [0.25, 0.3) is 21.8 Å². The summed E-state index contributed by atoms with van der Waals surface area (Å²) in [6.07, 6.45) is 1.38. The van der Waals surface area contributed by atoms with Gasteiger partial charge in [0.15, 0.2) is 6.61 Å². The van der Waals surface area contributed by atoms with Gasteiger partial charge in [0.05, 0.1) is 16.8 Å². The van der Waals surface area contributed by atoms with Crippen LogP contribution in [-0.4, -0.2) is 39.6 Å². The van der Waals surface area contributed by atoms with Gasteiger partial charge in [0.1, 0.15) is 18.1 Å². The molecule has 4 aromatic carbocycles. The largest absolute Gasteiger partial charge is 0.484 e. The first-order valence-electron chi connectivity index (χ1n) is 12.6. The van der Waals surface area contributed by atoms with Crippen molar-refractivity contribution in [3.8, 4) is 5.75 Å². The van der Waals surface area contributed by atoms with Gasteiger partial charge in [-0.05, 0) is 96.9 Å². The zero-order valence-electron chi connectivity index (χ0n) is 22.3. The van der Waals surface area contributed by atoms with Crippen LogP contribution in [0.25, 0.3) is 0 Å². The van der Waals surface area contributed by atoms with Crippen molar-refractivity contribution < 1.29 is 27.1 Å². The zero-order valence-corrected chi connectivity index (χ0v) is 23.9. The Hall–Kier alpha value is -4.74. The molecule has 0 fully saturated rings. The first-order chi connectivity index (χ1) is 20.1. The van der Waals surface area contributed by atoms with Crippen LogP contribution < -0.4 is 19.8 Å². The molecule has 2 N–H and O–H groups in total. The van der Waals surface area contributed by atoms with Crippen molar-refractivity contribution in [3.63, 3.8) is 0 Å².